The fraction of sp³-hybridized carbons (Fsp3) is 0.471. The molecule has 22 heavy (non-hydrogen) atoms. The zero-order valence-corrected chi connectivity index (χ0v) is 17.2. The summed E-state index contributed by atoms with van der Waals surface area (Å²) in [6, 6.07) is 10.3. The third kappa shape index (κ3) is 4.85. The van der Waals surface area contributed by atoms with Crippen LogP contribution in [0.5, 0.6) is 0 Å². The van der Waals surface area contributed by atoms with Gasteiger partial charge >= 0.3 is 5.97 Å². The van der Waals surface area contributed by atoms with E-state index in [9.17, 15) is 4.79 Å². The Morgan fingerprint density at radius 2 is 1.36 bits per heavy atom. The van der Waals surface area contributed by atoms with Crippen LogP contribution in [0.4, 0.5) is 0 Å². The van der Waals surface area contributed by atoms with Gasteiger partial charge in [0.25, 0.3) is 0 Å². The molecule has 0 N–H and O–H groups in total. The Bertz CT molecular complexity index is 540. The molecule has 0 aliphatic rings. The second-order valence-electron chi connectivity index (χ2n) is 7.54. The molecule has 0 fully saturated rings. The highest BCUT2D eigenvalue weighted by molar-refractivity contribution is 6.91. The first-order chi connectivity index (χ1) is 9.94. The van der Waals surface area contributed by atoms with Gasteiger partial charge in [0.1, 0.15) is 22.2 Å². The summed E-state index contributed by atoms with van der Waals surface area (Å²) in [4.78, 5) is 11.5. The van der Waals surface area contributed by atoms with E-state index in [0.29, 0.717) is 5.76 Å². The molecule has 122 valence electrons. The molecule has 0 aromatic heterocycles. The van der Waals surface area contributed by atoms with Crippen LogP contribution in [0.1, 0.15) is 19.4 Å². The molecule has 1 aromatic rings. The molecule has 0 saturated heterocycles. The number of carbonyl (C=O) groups is 1. The largest absolute Gasteiger partial charge is 0.429 e. The summed E-state index contributed by atoms with van der Waals surface area (Å²) < 4.78 is 8.07. The summed E-state index contributed by atoms with van der Waals surface area (Å²) >= 11 is 0. The van der Waals surface area contributed by atoms with Crippen LogP contribution in [0.15, 0.2) is 36.1 Å². The van der Waals surface area contributed by atoms with Crippen molar-refractivity contribution in [3.63, 3.8) is 0 Å². The standard InChI is InChI=1S/C17H29NO2Si2/c1-14(20-15(2)19)17(16-12-10-9-11-13-16)18(21(3,4)5)22(6,7)8/h9-13H,1-8H3/b17-14-. The molecule has 0 aliphatic carbocycles. The molecule has 0 amide bonds. The van der Waals surface area contributed by atoms with Crippen LogP contribution in [0.2, 0.25) is 39.3 Å². The molecular weight excluding hydrogens is 306 g/mol. The lowest BCUT2D eigenvalue weighted by molar-refractivity contribution is -0.136. The van der Waals surface area contributed by atoms with Crippen molar-refractivity contribution in [3.8, 4) is 0 Å². The fourth-order valence-corrected chi connectivity index (χ4v) is 13.0. The molecule has 1 rings (SSSR count). The van der Waals surface area contributed by atoms with Gasteiger partial charge in [0.15, 0.2) is 0 Å². The Morgan fingerprint density at radius 3 is 1.73 bits per heavy atom. The monoisotopic (exact) mass is 335 g/mol. The van der Waals surface area contributed by atoms with Gasteiger partial charge in [-0.2, -0.15) is 0 Å². The van der Waals surface area contributed by atoms with Gasteiger partial charge < -0.3 is 8.97 Å². The fourth-order valence-electron chi connectivity index (χ4n) is 3.03. The Morgan fingerprint density at radius 1 is 0.909 bits per heavy atom. The van der Waals surface area contributed by atoms with Crippen LogP contribution >= 0.6 is 0 Å². The third-order valence-corrected chi connectivity index (χ3v) is 10.4. The number of carbonyl (C=O) groups excluding carboxylic acids is 1. The highest BCUT2D eigenvalue weighted by Crippen LogP contribution is 2.33. The molecule has 1 aromatic carbocycles. The quantitative estimate of drug-likeness (QED) is 0.435. The Hall–Kier alpha value is -1.34. The topological polar surface area (TPSA) is 29.5 Å². The van der Waals surface area contributed by atoms with Crippen LogP contribution < -0.4 is 0 Å². The summed E-state index contributed by atoms with van der Waals surface area (Å²) in [5, 5.41) is 0. The lowest BCUT2D eigenvalue weighted by Crippen LogP contribution is -2.58. The minimum absolute atomic E-state index is 0.267. The van der Waals surface area contributed by atoms with Crippen molar-refractivity contribution >= 4 is 28.1 Å². The highest BCUT2D eigenvalue weighted by atomic mass is 28.4. The first-order valence-corrected chi connectivity index (χ1v) is 14.6. The van der Waals surface area contributed by atoms with Crippen LogP contribution in [-0.4, -0.2) is 26.7 Å². The number of rotatable bonds is 5. The third-order valence-electron chi connectivity index (χ3n) is 3.24. The molecule has 0 heterocycles. The zero-order chi connectivity index (χ0) is 17.1. The van der Waals surface area contributed by atoms with E-state index in [1.807, 2.05) is 25.1 Å². The van der Waals surface area contributed by atoms with E-state index < -0.39 is 16.5 Å². The van der Waals surface area contributed by atoms with Gasteiger partial charge in [-0.15, -0.1) is 0 Å². The van der Waals surface area contributed by atoms with Gasteiger partial charge in [-0.25, -0.2) is 0 Å². The van der Waals surface area contributed by atoms with Crippen LogP contribution in [0, 0.1) is 0 Å². The predicted octanol–water partition coefficient (Wildman–Crippen LogP) is 4.91. The van der Waals surface area contributed by atoms with Crippen molar-refractivity contribution in [3.05, 3.63) is 41.7 Å². The molecule has 0 spiro atoms. The Labute approximate surface area is 137 Å². The maximum atomic E-state index is 11.5. The van der Waals surface area contributed by atoms with Crippen molar-refractivity contribution in [2.24, 2.45) is 0 Å². The normalized spacial score (nSPS) is 13.5. The molecular formula is C17H29NO2Si2. The lowest BCUT2D eigenvalue weighted by Gasteiger charge is -2.47. The van der Waals surface area contributed by atoms with Gasteiger partial charge in [0.05, 0.1) is 5.70 Å². The SMILES string of the molecule is CC(=O)O/C(C)=C(/c1ccccc1)N([Si](C)(C)C)[Si](C)(C)C. The second kappa shape index (κ2) is 6.83. The maximum absolute atomic E-state index is 11.5. The molecule has 3 nitrogen and oxygen atoms in total. The van der Waals surface area contributed by atoms with E-state index in [1.165, 1.54) is 6.92 Å². The second-order valence-corrected chi connectivity index (χ2v) is 17.6. The molecule has 0 radical (unpaired) electrons. The first-order valence-electron chi connectivity index (χ1n) is 7.69. The number of allylic oxidation sites excluding steroid dienone is 1. The lowest BCUT2D eigenvalue weighted by atomic mass is 10.1. The van der Waals surface area contributed by atoms with E-state index in [4.69, 9.17) is 4.74 Å². The van der Waals surface area contributed by atoms with Gasteiger partial charge in [-0.05, 0) is 12.5 Å². The predicted molar refractivity (Wildman–Crippen MR) is 99.3 cm³/mol. The first kappa shape index (κ1) is 18.7. The summed E-state index contributed by atoms with van der Waals surface area (Å²) in [6.45, 7) is 17.4. The van der Waals surface area contributed by atoms with E-state index in [1.54, 1.807) is 0 Å². The van der Waals surface area contributed by atoms with Gasteiger partial charge in [0.2, 0.25) is 0 Å². The number of hydrogen-bond donors (Lipinski definition) is 0. The van der Waals surface area contributed by atoms with Crippen molar-refractivity contribution in [1.82, 2.24) is 4.23 Å². The van der Waals surface area contributed by atoms with Crippen LogP contribution in [0.3, 0.4) is 0 Å². The molecule has 0 bridgehead atoms. The van der Waals surface area contributed by atoms with E-state index in [2.05, 4.69) is 55.6 Å². The molecule has 0 saturated carbocycles. The van der Waals surface area contributed by atoms with Gasteiger partial charge in [-0.1, -0.05) is 69.6 Å². The number of ether oxygens (including phenoxy) is 1. The van der Waals surface area contributed by atoms with Crippen LogP contribution in [-0.2, 0) is 9.53 Å². The summed E-state index contributed by atoms with van der Waals surface area (Å²) in [5.74, 6) is 0.431. The zero-order valence-electron chi connectivity index (χ0n) is 15.2. The van der Waals surface area contributed by atoms with E-state index in [-0.39, 0.29) is 5.97 Å². The van der Waals surface area contributed by atoms with Gasteiger partial charge in [-0.3, -0.25) is 4.79 Å². The number of hydrogen-bond acceptors (Lipinski definition) is 3. The Balaban J connectivity index is 3.59. The van der Waals surface area contributed by atoms with Gasteiger partial charge in [0, 0.05) is 6.92 Å². The highest BCUT2D eigenvalue weighted by Gasteiger charge is 2.37. The number of esters is 1. The smallest absolute Gasteiger partial charge is 0.307 e. The van der Waals surface area contributed by atoms with Crippen molar-refractivity contribution < 1.29 is 9.53 Å². The maximum Gasteiger partial charge on any atom is 0.307 e. The number of benzene rings is 1. The minimum atomic E-state index is -1.64. The van der Waals surface area contributed by atoms with Crippen LogP contribution in [0.25, 0.3) is 5.70 Å². The van der Waals surface area contributed by atoms with E-state index >= 15 is 0 Å². The van der Waals surface area contributed by atoms with Crippen molar-refractivity contribution in [2.75, 3.05) is 0 Å². The average molecular weight is 336 g/mol. The molecule has 0 unspecified atom stereocenters. The molecule has 5 heteroatoms. The molecule has 0 aliphatic heterocycles. The van der Waals surface area contributed by atoms with Crippen molar-refractivity contribution in [2.45, 2.75) is 53.1 Å². The number of nitrogens with zero attached hydrogens (tertiary/aromatic N) is 1. The summed E-state index contributed by atoms with van der Waals surface area (Å²) in [5.41, 5.74) is 2.19. The van der Waals surface area contributed by atoms with Crippen molar-refractivity contribution in [1.29, 1.82) is 0 Å². The summed E-state index contributed by atoms with van der Waals surface area (Å²) in [6.07, 6.45) is 0. The summed E-state index contributed by atoms with van der Waals surface area (Å²) in [7, 11) is -3.27. The molecule has 0 atom stereocenters. The minimum Gasteiger partial charge on any atom is -0.429 e. The average Bonchev–Trinajstić information content (AvgIpc) is 2.32. The van der Waals surface area contributed by atoms with E-state index in [0.717, 1.165) is 11.3 Å². The Kier molecular flexibility index (Phi) is 5.81.